The number of nitro groups is 1. The first-order valence-corrected chi connectivity index (χ1v) is 6.63. The Kier molecular flexibility index (Phi) is 4.04. The summed E-state index contributed by atoms with van der Waals surface area (Å²) in [5.74, 6) is -0.304. The number of rotatable bonds is 2. The predicted octanol–water partition coefficient (Wildman–Crippen LogP) is 3.26. The van der Waals surface area contributed by atoms with Gasteiger partial charge in [0.1, 0.15) is 5.56 Å². The highest BCUT2D eigenvalue weighted by Crippen LogP contribution is 2.27. The first kappa shape index (κ1) is 13.8. The van der Waals surface area contributed by atoms with Crippen LogP contribution in [0.2, 0.25) is 5.02 Å². The maximum absolute atomic E-state index is 12.5. The van der Waals surface area contributed by atoms with E-state index < -0.39 is 4.92 Å². The van der Waals surface area contributed by atoms with Gasteiger partial charge >= 0.3 is 0 Å². The van der Waals surface area contributed by atoms with Crippen molar-refractivity contribution in [3.8, 4) is 0 Å². The smallest absolute Gasteiger partial charge is 0.282 e. The molecule has 102 valence electrons. The number of hydrogen-bond acceptors (Lipinski definition) is 3. The topological polar surface area (TPSA) is 63.5 Å². The Morgan fingerprint density at radius 2 is 2.21 bits per heavy atom. The molecule has 1 aromatic rings. The van der Waals surface area contributed by atoms with Crippen LogP contribution in [0.4, 0.5) is 5.69 Å². The minimum Gasteiger partial charge on any atom is -0.336 e. The summed E-state index contributed by atoms with van der Waals surface area (Å²) >= 11 is 5.85. The Hall–Kier alpha value is -1.62. The monoisotopic (exact) mass is 282 g/mol. The van der Waals surface area contributed by atoms with Gasteiger partial charge in [-0.3, -0.25) is 14.9 Å². The summed E-state index contributed by atoms with van der Waals surface area (Å²) in [6.07, 6.45) is 2.95. The third kappa shape index (κ3) is 2.87. The molecule has 1 aliphatic heterocycles. The normalized spacial score (nSPS) is 19.3. The molecule has 1 aliphatic rings. The average molecular weight is 283 g/mol. The van der Waals surface area contributed by atoms with Gasteiger partial charge in [-0.25, -0.2) is 0 Å². The molecule has 0 spiro atoms. The number of likely N-dealkylation sites (tertiary alicyclic amines) is 1. The second-order valence-electron chi connectivity index (χ2n) is 4.76. The maximum atomic E-state index is 12.5. The first-order chi connectivity index (χ1) is 9.00. The number of carbonyl (C=O) groups excluding carboxylic acids is 1. The zero-order chi connectivity index (χ0) is 14.0. The molecule has 19 heavy (non-hydrogen) atoms. The van der Waals surface area contributed by atoms with Crippen molar-refractivity contribution in [1.82, 2.24) is 4.90 Å². The summed E-state index contributed by atoms with van der Waals surface area (Å²) in [6.45, 7) is 2.61. The highest BCUT2D eigenvalue weighted by molar-refractivity contribution is 6.31. The van der Waals surface area contributed by atoms with Crippen molar-refractivity contribution in [3.05, 3.63) is 38.9 Å². The molecule has 0 radical (unpaired) electrons. The van der Waals surface area contributed by atoms with Crippen molar-refractivity contribution >= 4 is 23.2 Å². The molecule has 1 atom stereocenters. The summed E-state index contributed by atoms with van der Waals surface area (Å²) in [5.41, 5.74) is -0.113. The van der Waals surface area contributed by atoms with Crippen molar-refractivity contribution in [2.24, 2.45) is 0 Å². The third-order valence-electron chi connectivity index (χ3n) is 3.45. The van der Waals surface area contributed by atoms with Crippen molar-refractivity contribution in [2.75, 3.05) is 6.54 Å². The average Bonchev–Trinajstić information content (AvgIpc) is 2.38. The van der Waals surface area contributed by atoms with Crippen LogP contribution in [0.25, 0.3) is 0 Å². The summed E-state index contributed by atoms with van der Waals surface area (Å²) in [5, 5.41) is 11.3. The molecule has 2 rings (SSSR count). The Bertz CT molecular complexity index is 519. The summed E-state index contributed by atoms with van der Waals surface area (Å²) in [7, 11) is 0. The van der Waals surface area contributed by atoms with Crippen molar-refractivity contribution in [3.63, 3.8) is 0 Å². The minimum atomic E-state index is -0.543. The lowest BCUT2D eigenvalue weighted by Gasteiger charge is -2.33. The zero-order valence-electron chi connectivity index (χ0n) is 10.6. The van der Waals surface area contributed by atoms with E-state index in [2.05, 4.69) is 0 Å². The molecule has 5 nitrogen and oxygen atoms in total. The molecular weight excluding hydrogens is 268 g/mol. The van der Waals surface area contributed by atoms with Crippen LogP contribution in [-0.2, 0) is 0 Å². The van der Waals surface area contributed by atoms with Gasteiger partial charge in [0, 0.05) is 23.7 Å². The fourth-order valence-corrected chi connectivity index (χ4v) is 2.57. The lowest BCUT2D eigenvalue weighted by Crippen LogP contribution is -2.42. The van der Waals surface area contributed by atoms with Crippen LogP contribution in [0, 0.1) is 10.1 Å². The molecule has 0 bridgehead atoms. The van der Waals surface area contributed by atoms with E-state index in [1.165, 1.54) is 18.2 Å². The van der Waals surface area contributed by atoms with E-state index in [9.17, 15) is 14.9 Å². The van der Waals surface area contributed by atoms with E-state index in [1.54, 1.807) is 4.90 Å². The second kappa shape index (κ2) is 5.57. The molecule has 0 unspecified atom stereocenters. The van der Waals surface area contributed by atoms with Gasteiger partial charge in [-0.2, -0.15) is 0 Å². The van der Waals surface area contributed by atoms with Gasteiger partial charge < -0.3 is 4.90 Å². The number of halogens is 1. The molecule has 1 fully saturated rings. The number of carbonyl (C=O) groups is 1. The third-order valence-corrected chi connectivity index (χ3v) is 3.68. The van der Waals surface area contributed by atoms with E-state index >= 15 is 0 Å². The van der Waals surface area contributed by atoms with Gasteiger partial charge in [-0.15, -0.1) is 0 Å². The molecule has 1 aromatic carbocycles. The van der Waals surface area contributed by atoms with Gasteiger partial charge in [-0.05, 0) is 38.3 Å². The van der Waals surface area contributed by atoms with Gasteiger partial charge in [-0.1, -0.05) is 11.6 Å². The second-order valence-corrected chi connectivity index (χ2v) is 5.20. The molecule has 0 aromatic heterocycles. The molecule has 6 heteroatoms. The molecule has 1 amide bonds. The lowest BCUT2D eigenvalue weighted by atomic mass is 10.0. The van der Waals surface area contributed by atoms with Crippen LogP contribution in [0.15, 0.2) is 18.2 Å². The molecule has 1 saturated heterocycles. The van der Waals surface area contributed by atoms with Gasteiger partial charge in [0.25, 0.3) is 11.6 Å². The van der Waals surface area contributed by atoms with Crippen LogP contribution < -0.4 is 0 Å². The SMILES string of the molecule is C[C@H]1CCCCN1C(=O)c1cc(Cl)ccc1[N+](=O)[O-]. The van der Waals surface area contributed by atoms with Crippen molar-refractivity contribution < 1.29 is 9.72 Å². The molecule has 0 saturated carbocycles. The molecule has 0 aliphatic carbocycles. The summed E-state index contributed by atoms with van der Waals surface area (Å²) in [6, 6.07) is 4.20. The molecule has 0 N–H and O–H groups in total. The Balaban J connectivity index is 2.37. The Morgan fingerprint density at radius 1 is 1.47 bits per heavy atom. The molecule has 1 heterocycles. The standard InChI is InChI=1S/C13H15ClN2O3/c1-9-4-2-3-7-15(9)13(17)11-8-10(14)5-6-12(11)16(18)19/h5-6,8-9H,2-4,7H2,1H3/t9-/m0/s1. The zero-order valence-corrected chi connectivity index (χ0v) is 11.4. The maximum Gasteiger partial charge on any atom is 0.282 e. The first-order valence-electron chi connectivity index (χ1n) is 6.25. The van der Waals surface area contributed by atoms with E-state index in [-0.39, 0.29) is 23.2 Å². The lowest BCUT2D eigenvalue weighted by molar-refractivity contribution is -0.385. The highest BCUT2D eigenvalue weighted by atomic mass is 35.5. The van der Waals surface area contributed by atoms with Crippen molar-refractivity contribution in [2.45, 2.75) is 32.2 Å². The Morgan fingerprint density at radius 3 is 2.84 bits per heavy atom. The van der Waals surface area contributed by atoms with E-state index in [1.807, 2.05) is 6.92 Å². The fourth-order valence-electron chi connectivity index (χ4n) is 2.39. The number of nitro benzene ring substituents is 1. The van der Waals surface area contributed by atoms with Crippen LogP contribution in [0.3, 0.4) is 0 Å². The summed E-state index contributed by atoms with van der Waals surface area (Å²) in [4.78, 5) is 24.6. The number of amides is 1. The van der Waals surface area contributed by atoms with Gasteiger partial charge in [0.2, 0.25) is 0 Å². The van der Waals surface area contributed by atoms with Crippen LogP contribution in [-0.4, -0.2) is 28.3 Å². The van der Waals surface area contributed by atoms with Crippen LogP contribution >= 0.6 is 11.6 Å². The number of nitrogens with zero attached hydrogens (tertiary/aromatic N) is 2. The Labute approximate surface area is 116 Å². The number of benzene rings is 1. The van der Waals surface area contributed by atoms with Crippen molar-refractivity contribution in [1.29, 1.82) is 0 Å². The van der Waals surface area contributed by atoms with E-state index in [0.29, 0.717) is 11.6 Å². The fraction of sp³-hybridized carbons (Fsp3) is 0.462. The number of hydrogen-bond donors (Lipinski definition) is 0. The van der Waals surface area contributed by atoms with E-state index in [0.717, 1.165) is 19.3 Å². The minimum absolute atomic E-state index is 0.0752. The van der Waals surface area contributed by atoms with E-state index in [4.69, 9.17) is 11.6 Å². The van der Waals surface area contributed by atoms with Gasteiger partial charge in [0.05, 0.1) is 4.92 Å². The highest BCUT2D eigenvalue weighted by Gasteiger charge is 2.29. The number of piperidine rings is 1. The quantitative estimate of drug-likeness (QED) is 0.618. The van der Waals surface area contributed by atoms with Crippen LogP contribution in [0.1, 0.15) is 36.5 Å². The summed E-state index contributed by atoms with van der Waals surface area (Å²) < 4.78 is 0. The largest absolute Gasteiger partial charge is 0.336 e. The molecular formula is C13H15ClN2O3. The predicted molar refractivity (Wildman–Crippen MR) is 72.5 cm³/mol. The van der Waals surface area contributed by atoms with Gasteiger partial charge in [0.15, 0.2) is 0 Å². The van der Waals surface area contributed by atoms with Crippen LogP contribution in [0.5, 0.6) is 0 Å².